The maximum Gasteiger partial charge on any atom is 0.317 e. The number of carboxylic acid groups (broad SMARTS) is 1. The van der Waals surface area contributed by atoms with Gasteiger partial charge in [-0.05, 0) is 25.5 Å². The lowest BCUT2D eigenvalue weighted by molar-refractivity contribution is -0.142. The van der Waals surface area contributed by atoms with E-state index in [1.165, 1.54) is 0 Å². The van der Waals surface area contributed by atoms with Crippen LogP contribution < -0.4 is 0 Å². The number of carboxylic acids is 1. The Labute approximate surface area is 126 Å². The normalized spacial score (nSPS) is 12.2. The Balaban J connectivity index is 2.67. The first-order valence-electron chi connectivity index (χ1n) is 7.20. The van der Waals surface area contributed by atoms with Crippen LogP contribution in [0.15, 0.2) is 30.3 Å². The third-order valence-corrected chi connectivity index (χ3v) is 3.39. The summed E-state index contributed by atoms with van der Waals surface area (Å²) in [5, 5.41) is 8.95. The SMILES string of the molecule is CCCN(CC(=O)O)C(C)C(=O)N(C)Cc1ccccc1. The lowest BCUT2D eigenvalue weighted by Crippen LogP contribution is -2.47. The van der Waals surface area contributed by atoms with Gasteiger partial charge in [0.25, 0.3) is 0 Å². The molecule has 0 aromatic heterocycles. The zero-order valence-corrected chi connectivity index (χ0v) is 13.0. The van der Waals surface area contributed by atoms with Gasteiger partial charge in [-0.15, -0.1) is 0 Å². The third kappa shape index (κ3) is 5.55. The van der Waals surface area contributed by atoms with Crippen molar-refractivity contribution in [2.45, 2.75) is 32.9 Å². The van der Waals surface area contributed by atoms with Gasteiger partial charge in [0.05, 0.1) is 12.6 Å². The van der Waals surface area contributed by atoms with Crippen molar-refractivity contribution in [3.8, 4) is 0 Å². The van der Waals surface area contributed by atoms with Gasteiger partial charge in [0, 0.05) is 13.6 Å². The van der Waals surface area contributed by atoms with E-state index in [-0.39, 0.29) is 12.5 Å². The molecule has 1 atom stereocenters. The molecule has 5 heteroatoms. The minimum atomic E-state index is -0.909. The zero-order chi connectivity index (χ0) is 15.8. The van der Waals surface area contributed by atoms with Crippen molar-refractivity contribution in [2.24, 2.45) is 0 Å². The van der Waals surface area contributed by atoms with E-state index < -0.39 is 12.0 Å². The monoisotopic (exact) mass is 292 g/mol. The second kappa shape index (κ2) is 8.42. The van der Waals surface area contributed by atoms with Gasteiger partial charge in [-0.2, -0.15) is 0 Å². The Morgan fingerprint density at radius 3 is 2.38 bits per heavy atom. The number of rotatable bonds is 8. The molecule has 0 aliphatic carbocycles. The summed E-state index contributed by atoms with van der Waals surface area (Å²) in [5.74, 6) is -0.970. The Kier molecular flexibility index (Phi) is 6.88. The maximum atomic E-state index is 12.4. The number of aliphatic carboxylic acids is 1. The van der Waals surface area contributed by atoms with Crippen LogP contribution in [-0.2, 0) is 16.1 Å². The summed E-state index contributed by atoms with van der Waals surface area (Å²) in [7, 11) is 1.75. The first kappa shape index (κ1) is 17.2. The van der Waals surface area contributed by atoms with E-state index in [0.29, 0.717) is 13.1 Å². The zero-order valence-electron chi connectivity index (χ0n) is 13.0. The molecule has 0 spiro atoms. The average Bonchev–Trinajstić information content (AvgIpc) is 2.45. The molecule has 0 aliphatic rings. The van der Waals surface area contributed by atoms with Gasteiger partial charge in [-0.1, -0.05) is 37.3 Å². The number of carbonyl (C=O) groups is 2. The summed E-state index contributed by atoms with van der Waals surface area (Å²) < 4.78 is 0. The minimum Gasteiger partial charge on any atom is -0.480 e. The molecule has 1 unspecified atom stereocenters. The van der Waals surface area contributed by atoms with Crippen LogP contribution in [-0.4, -0.2) is 53.0 Å². The van der Waals surface area contributed by atoms with Crippen molar-refractivity contribution in [3.63, 3.8) is 0 Å². The quantitative estimate of drug-likeness (QED) is 0.794. The van der Waals surface area contributed by atoms with Crippen molar-refractivity contribution in [2.75, 3.05) is 20.1 Å². The van der Waals surface area contributed by atoms with Crippen molar-refractivity contribution >= 4 is 11.9 Å². The van der Waals surface area contributed by atoms with Crippen LogP contribution in [0.2, 0.25) is 0 Å². The topological polar surface area (TPSA) is 60.9 Å². The van der Waals surface area contributed by atoms with Crippen LogP contribution in [0.5, 0.6) is 0 Å². The predicted molar refractivity (Wildman–Crippen MR) is 81.9 cm³/mol. The number of likely N-dealkylation sites (N-methyl/N-ethyl adjacent to an activating group) is 1. The number of hydrogen-bond acceptors (Lipinski definition) is 3. The van der Waals surface area contributed by atoms with Crippen LogP contribution in [0.25, 0.3) is 0 Å². The van der Waals surface area contributed by atoms with Crippen LogP contribution >= 0.6 is 0 Å². The summed E-state index contributed by atoms with van der Waals surface area (Å²) in [6, 6.07) is 9.31. The first-order valence-corrected chi connectivity index (χ1v) is 7.20. The molecule has 0 radical (unpaired) electrons. The van der Waals surface area contributed by atoms with Crippen LogP contribution in [0.4, 0.5) is 0 Å². The van der Waals surface area contributed by atoms with E-state index in [1.807, 2.05) is 37.3 Å². The van der Waals surface area contributed by atoms with Gasteiger partial charge in [0.15, 0.2) is 0 Å². The Hall–Kier alpha value is -1.88. The Bertz CT molecular complexity index is 462. The van der Waals surface area contributed by atoms with Crippen molar-refractivity contribution in [1.29, 1.82) is 0 Å². The van der Waals surface area contributed by atoms with E-state index in [4.69, 9.17) is 5.11 Å². The average molecular weight is 292 g/mol. The molecule has 0 fully saturated rings. The first-order chi connectivity index (χ1) is 9.95. The molecular weight excluding hydrogens is 268 g/mol. The number of nitrogens with zero attached hydrogens (tertiary/aromatic N) is 2. The van der Waals surface area contributed by atoms with Crippen molar-refractivity contribution < 1.29 is 14.7 Å². The third-order valence-electron chi connectivity index (χ3n) is 3.39. The van der Waals surface area contributed by atoms with Gasteiger partial charge in [0.1, 0.15) is 0 Å². The second-order valence-electron chi connectivity index (χ2n) is 5.22. The summed E-state index contributed by atoms with van der Waals surface area (Å²) in [5.41, 5.74) is 1.06. The number of carbonyl (C=O) groups excluding carboxylic acids is 1. The molecule has 1 aromatic rings. The standard InChI is InChI=1S/C16H24N2O3/c1-4-10-18(12-15(19)20)13(2)16(21)17(3)11-14-8-6-5-7-9-14/h5-9,13H,4,10-12H2,1-3H3,(H,19,20). The van der Waals surface area contributed by atoms with Crippen molar-refractivity contribution in [3.05, 3.63) is 35.9 Å². The van der Waals surface area contributed by atoms with Gasteiger partial charge in [-0.3, -0.25) is 14.5 Å². The molecular formula is C16H24N2O3. The fraction of sp³-hybridized carbons (Fsp3) is 0.500. The smallest absolute Gasteiger partial charge is 0.317 e. The molecule has 21 heavy (non-hydrogen) atoms. The highest BCUT2D eigenvalue weighted by Crippen LogP contribution is 2.08. The van der Waals surface area contributed by atoms with E-state index in [9.17, 15) is 9.59 Å². The summed E-state index contributed by atoms with van der Waals surface area (Å²) in [6.07, 6.45) is 0.813. The largest absolute Gasteiger partial charge is 0.480 e. The molecule has 0 saturated heterocycles. The molecule has 1 rings (SSSR count). The molecule has 116 valence electrons. The summed E-state index contributed by atoms with van der Waals surface area (Å²) >= 11 is 0. The molecule has 0 saturated carbocycles. The molecule has 0 bridgehead atoms. The van der Waals surface area contributed by atoms with Gasteiger partial charge >= 0.3 is 5.97 Å². The Morgan fingerprint density at radius 2 is 1.86 bits per heavy atom. The number of benzene rings is 1. The van der Waals surface area contributed by atoms with E-state index in [0.717, 1.165) is 12.0 Å². The minimum absolute atomic E-state index is 0.0615. The van der Waals surface area contributed by atoms with E-state index in [2.05, 4.69) is 0 Å². The van der Waals surface area contributed by atoms with Crippen LogP contribution in [0, 0.1) is 0 Å². The van der Waals surface area contributed by atoms with E-state index in [1.54, 1.807) is 23.8 Å². The lowest BCUT2D eigenvalue weighted by Gasteiger charge is -2.29. The number of amides is 1. The number of hydrogen-bond donors (Lipinski definition) is 1. The predicted octanol–water partition coefficient (Wildman–Crippen LogP) is 1.83. The maximum absolute atomic E-state index is 12.4. The molecule has 1 aromatic carbocycles. The lowest BCUT2D eigenvalue weighted by atomic mass is 10.2. The molecule has 0 aliphatic heterocycles. The fourth-order valence-corrected chi connectivity index (χ4v) is 2.28. The van der Waals surface area contributed by atoms with Crippen LogP contribution in [0.1, 0.15) is 25.8 Å². The van der Waals surface area contributed by atoms with Gasteiger partial charge < -0.3 is 10.0 Å². The van der Waals surface area contributed by atoms with Crippen LogP contribution in [0.3, 0.4) is 0 Å². The molecule has 1 N–H and O–H groups in total. The molecule has 5 nitrogen and oxygen atoms in total. The van der Waals surface area contributed by atoms with Crippen molar-refractivity contribution in [1.82, 2.24) is 9.80 Å². The Morgan fingerprint density at radius 1 is 1.24 bits per heavy atom. The van der Waals surface area contributed by atoms with Gasteiger partial charge in [0.2, 0.25) is 5.91 Å². The fourth-order valence-electron chi connectivity index (χ4n) is 2.28. The molecule has 1 amide bonds. The highest BCUT2D eigenvalue weighted by Gasteiger charge is 2.25. The second-order valence-corrected chi connectivity index (χ2v) is 5.22. The highest BCUT2D eigenvalue weighted by molar-refractivity contribution is 5.82. The summed E-state index contributed by atoms with van der Waals surface area (Å²) in [4.78, 5) is 26.7. The molecule has 0 heterocycles. The van der Waals surface area contributed by atoms with Gasteiger partial charge in [-0.25, -0.2) is 0 Å². The highest BCUT2D eigenvalue weighted by atomic mass is 16.4. The summed E-state index contributed by atoms with van der Waals surface area (Å²) in [6.45, 7) is 4.75. The van der Waals surface area contributed by atoms with E-state index >= 15 is 0 Å².